The van der Waals surface area contributed by atoms with Crippen molar-refractivity contribution in [3.63, 3.8) is 0 Å². The Balaban J connectivity index is 3.13. The van der Waals surface area contributed by atoms with Crippen LogP contribution in [0.15, 0.2) is 0 Å². The Bertz CT molecular complexity index is 148. The number of thioether (sulfide) groups is 1. The predicted molar refractivity (Wildman–Crippen MR) is 80.8 cm³/mol. The first kappa shape index (κ1) is 17.3. The zero-order chi connectivity index (χ0) is 12.9. The Hall–Kier alpha value is 0.310. The Kier molecular flexibility index (Phi) is 13.0. The van der Waals surface area contributed by atoms with E-state index in [-0.39, 0.29) is 6.10 Å². The summed E-state index contributed by atoms with van der Waals surface area (Å²) in [6.07, 6.45) is 10.3. The summed E-state index contributed by atoms with van der Waals surface area (Å²) in [5.74, 6) is 2.84. The zero-order valence-electron chi connectivity index (χ0n) is 12.1. The standard InChI is InChI=1S/C15H32OS/c1-4-5-6-7-8-9-10-11-15(16)13-17-12-14(2)3/h14-16H,4-13H2,1-3H3. The second-order valence-electron chi connectivity index (χ2n) is 5.50. The number of hydrogen-bond acceptors (Lipinski definition) is 2. The molecule has 0 heterocycles. The fourth-order valence-electron chi connectivity index (χ4n) is 1.86. The Morgan fingerprint density at radius 3 is 2.06 bits per heavy atom. The van der Waals surface area contributed by atoms with E-state index < -0.39 is 0 Å². The van der Waals surface area contributed by atoms with Crippen LogP contribution in [0.1, 0.15) is 72.1 Å². The van der Waals surface area contributed by atoms with E-state index in [0.717, 1.165) is 18.1 Å². The average molecular weight is 260 g/mol. The van der Waals surface area contributed by atoms with Gasteiger partial charge in [0.25, 0.3) is 0 Å². The molecular weight excluding hydrogens is 228 g/mol. The first-order valence-electron chi connectivity index (χ1n) is 7.42. The molecule has 2 heteroatoms. The van der Waals surface area contributed by atoms with E-state index in [1.165, 1.54) is 50.7 Å². The number of unbranched alkanes of at least 4 members (excludes halogenated alkanes) is 6. The Morgan fingerprint density at radius 1 is 0.882 bits per heavy atom. The quantitative estimate of drug-likeness (QED) is 0.505. The molecule has 0 spiro atoms. The van der Waals surface area contributed by atoms with Gasteiger partial charge in [-0.05, 0) is 18.1 Å². The van der Waals surface area contributed by atoms with Crippen LogP contribution in [0.25, 0.3) is 0 Å². The third-order valence-electron chi connectivity index (χ3n) is 2.90. The SMILES string of the molecule is CCCCCCCCCC(O)CSCC(C)C. The first-order valence-corrected chi connectivity index (χ1v) is 8.58. The molecule has 1 unspecified atom stereocenters. The Morgan fingerprint density at radius 2 is 1.47 bits per heavy atom. The maximum atomic E-state index is 9.78. The van der Waals surface area contributed by atoms with Crippen LogP contribution >= 0.6 is 11.8 Å². The largest absolute Gasteiger partial charge is 0.392 e. The van der Waals surface area contributed by atoms with Crippen molar-refractivity contribution in [2.24, 2.45) is 5.92 Å². The summed E-state index contributed by atoms with van der Waals surface area (Å²) in [7, 11) is 0. The van der Waals surface area contributed by atoms with Gasteiger partial charge in [0.1, 0.15) is 0 Å². The second-order valence-corrected chi connectivity index (χ2v) is 6.57. The molecule has 17 heavy (non-hydrogen) atoms. The third-order valence-corrected chi connectivity index (χ3v) is 4.43. The molecule has 0 fully saturated rings. The lowest BCUT2D eigenvalue weighted by Crippen LogP contribution is -2.10. The van der Waals surface area contributed by atoms with Crippen molar-refractivity contribution in [3.05, 3.63) is 0 Å². The molecule has 0 aromatic heterocycles. The van der Waals surface area contributed by atoms with Crippen LogP contribution in [0.3, 0.4) is 0 Å². The van der Waals surface area contributed by atoms with Gasteiger partial charge in [-0.1, -0.05) is 65.7 Å². The van der Waals surface area contributed by atoms with Gasteiger partial charge in [0.05, 0.1) is 6.10 Å². The molecule has 0 aliphatic heterocycles. The second kappa shape index (κ2) is 12.8. The minimum atomic E-state index is -0.0746. The molecule has 0 rings (SSSR count). The highest BCUT2D eigenvalue weighted by atomic mass is 32.2. The summed E-state index contributed by atoms with van der Waals surface area (Å²) in [6.45, 7) is 6.72. The lowest BCUT2D eigenvalue weighted by atomic mass is 10.1. The normalized spacial score (nSPS) is 13.2. The molecule has 1 nitrogen and oxygen atoms in total. The minimum Gasteiger partial charge on any atom is -0.392 e. The van der Waals surface area contributed by atoms with Crippen LogP contribution in [-0.4, -0.2) is 22.7 Å². The van der Waals surface area contributed by atoms with Crippen LogP contribution in [0.2, 0.25) is 0 Å². The zero-order valence-corrected chi connectivity index (χ0v) is 12.9. The smallest absolute Gasteiger partial charge is 0.0630 e. The van der Waals surface area contributed by atoms with Gasteiger partial charge in [-0.25, -0.2) is 0 Å². The van der Waals surface area contributed by atoms with Crippen molar-refractivity contribution in [1.82, 2.24) is 0 Å². The fraction of sp³-hybridized carbons (Fsp3) is 1.00. The van der Waals surface area contributed by atoms with E-state index in [1.807, 2.05) is 11.8 Å². The molecular formula is C15H32OS. The molecule has 0 aliphatic carbocycles. The molecule has 1 N–H and O–H groups in total. The van der Waals surface area contributed by atoms with Crippen molar-refractivity contribution in [2.45, 2.75) is 78.2 Å². The third kappa shape index (κ3) is 14.2. The minimum absolute atomic E-state index is 0.0746. The summed E-state index contributed by atoms with van der Waals surface area (Å²) in [5.41, 5.74) is 0. The van der Waals surface area contributed by atoms with Crippen molar-refractivity contribution in [2.75, 3.05) is 11.5 Å². The van der Waals surface area contributed by atoms with Crippen molar-refractivity contribution in [1.29, 1.82) is 0 Å². The number of rotatable bonds is 12. The summed E-state index contributed by atoms with van der Waals surface area (Å²) in [4.78, 5) is 0. The maximum Gasteiger partial charge on any atom is 0.0630 e. The summed E-state index contributed by atoms with van der Waals surface area (Å²) < 4.78 is 0. The van der Waals surface area contributed by atoms with Crippen molar-refractivity contribution < 1.29 is 5.11 Å². The predicted octanol–water partition coefficient (Wildman–Crippen LogP) is 4.88. The highest BCUT2D eigenvalue weighted by Gasteiger charge is 2.04. The molecule has 0 saturated carbocycles. The summed E-state index contributed by atoms with van der Waals surface area (Å²) in [6, 6.07) is 0. The van der Waals surface area contributed by atoms with Crippen LogP contribution in [0.5, 0.6) is 0 Å². The van der Waals surface area contributed by atoms with Gasteiger partial charge in [0.15, 0.2) is 0 Å². The van der Waals surface area contributed by atoms with Crippen LogP contribution < -0.4 is 0 Å². The van der Waals surface area contributed by atoms with Crippen LogP contribution in [0, 0.1) is 5.92 Å². The van der Waals surface area contributed by atoms with E-state index >= 15 is 0 Å². The van der Waals surface area contributed by atoms with E-state index in [2.05, 4.69) is 20.8 Å². The lowest BCUT2D eigenvalue weighted by Gasteiger charge is -2.11. The highest BCUT2D eigenvalue weighted by Crippen LogP contribution is 2.14. The lowest BCUT2D eigenvalue weighted by molar-refractivity contribution is 0.185. The van der Waals surface area contributed by atoms with Gasteiger partial charge < -0.3 is 5.11 Å². The molecule has 0 aromatic carbocycles. The molecule has 1 atom stereocenters. The van der Waals surface area contributed by atoms with E-state index in [1.54, 1.807) is 0 Å². The van der Waals surface area contributed by atoms with Gasteiger partial charge in [-0.15, -0.1) is 0 Å². The molecule has 0 amide bonds. The fourth-order valence-corrected chi connectivity index (χ4v) is 2.91. The molecule has 0 aromatic rings. The van der Waals surface area contributed by atoms with Crippen LogP contribution in [-0.2, 0) is 0 Å². The molecule has 0 radical (unpaired) electrons. The highest BCUT2D eigenvalue weighted by molar-refractivity contribution is 7.99. The molecule has 0 saturated heterocycles. The van der Waals surface area contributed by atoms with Crippen molar-refractivity contribution in [3.8, 4) is 0 Å². The number of hydrogen-bond donors (Lipinski definition) is 1. The van der Waals surface area contributed by atoms with Gasteiger partial charge in [-0.3, -0.25) is 0 Å². The summed E-state index contributed by atoms with van der Waals surface area (Å²) in [5, 5.41) is 9.78. The summed E-state index contributed by atoms with van der Waals surface area (Å²) >= 11 is 1.89. The van der Waals surface area contributed by atoms with Gasteiger partial charge in [0.2, 0.25) is 0 Å². The van der Waals surface area contributed by atoms with Gasteiger partial charge in [0, 0.05) is 5.75 Å². The molecule has 0 bridgehead atoms. The average Bonchev–Trinajstić information content (AvgIpc) is 2.27. The van der Waals surface area contributed by atoms with Gasteiger partial charge in [-0.2, -0.15) is 11.8 Å². The van der Waals surface area contributed by atoms with Gasteiger partial charge >= 0.3 is 0 Å². The number of aliphatic hydroxyl groups is 1. The molecule has 0 aliphatic rings. The van der Waals surface area contributed by atoms with E-state index in [0.29, 0.717) is 0 Å². The molecule has 104 valence electrons. The van der Waals surface area contributed by atoms with E-state index in [9.17, 15) is 5.11 Å². The number of aliphatic hydroxyl groups excluding tert-OH is 1. The van der Waals surface area contributed by atoms with Crippen molar-refractivity contribution >= 4 is 11.8 Å². The maximum absolute atomic E-state index is 9.78. The van der Waals surface area contributed by atoms with Crippen LogP contribution in [0.4, 0.5) is 0 Å². The Labute approximate surface area is 113 Å². The van der Waals surface area contributed by atoms with E-state index in [4.69, 9.17) is 0 Å². The first-order chi connectivity index (χ1) is 8.16. The topological polar surface area (TPSA) is 20.2 Å². The monoisotopic (exact) mass is 260 g/mol.